The Bertz CT molecular complexity index is 714. The van der Waals surface area contributed by atoms with E-state index in [1.54, 1.807) is 7.11 Å². The van der Waals surface area contributed by atoms with Gasteiger partial charge in [0.25, 0.3) is 0 Å². The number of carbonyl (C=O) groups excluding carboxylic acids is 1. The molecule has 1 aliphatic heterocycles. The van der Waals surface area contributed by atoms with Gasteiger partial charge in [0.1, 0.15) is 6.61 Å². The molecule has 0 aliphatic carbocycles. The Kier molecular flexibility index (Phi) is 7.84. The van der Waals surface area contributed by atoms with E-state index in [0.717, 1.165) is 38.4 Å². The van der Waals surface area contributed by atoms with Gasteiger partial charge in [-0.25, -0.2) is 0 Å². The lowest BCUT2D eigenvalue weighted by Gasteiger charge is -2.36. The van der Waals surface area contributed by atoms with Gasteiger partial charge in [0, 0.05) is 51.2 Å². The third kappa shape index (κ3) is 6.34. The lowest BCUT2D eigenvalue weighted by molar-refractivity contribution is -0.121. The minimum absolute atomic E-state index is 0.0362. The Morgan fingerprint density at radius 3 is 2.36 bits per heavy atom. The largest absolute Gasteiger partial charge is 0.382 e. The molecule has 2 aromatic carbocycles. The van der Waals surface area contributed by atoms with Crippen LogP contribution in [0.3, 0.4) is 0 Å². The van der Waals surface area contributed by atoms with Gasteiger partial charge in [-0.3, -0.25) is 9.69 Å². The molecule has 6 nitrogen and oxygen atoms in total. The second-order valence-electron chi connectivity index (χ2n) is 6.89. The smallest absolute Gasteiger partial charge is 0.250 e. The fourth-order valence-electron chi connectivity index (χ4n) is 3.27. The maximum atomic E-state index is 11.9. The SMILES string of the molecule is COCCOCC(=O)Nc1ccc(N2CCN(Cc3ccccc3)CC2)cc1. The summed E-state index contributed by atoms with van der Waals surface area (Å²) >= 11 is 0. The van der Waals surface area contributed by atoms with Gasteiger partial charge >= 0.3 is 0 Å². The maximum Gasteiger partial charge on any atom is 0.250 e. The molecule has 1 saturated heterocycles. The monoisotopic (exact) mass is 383 g/mol. The summed E-state index contributed by atoms with van der Waals surface area (Å²) in [5.74, 6) is -0.154. The first kappa shape index (κ1) is 20.3. The fraction of sp³-hybridized carbons (Fsp3) is 0.409. The van der Waals surface area contributed by atoms with Crippen LogP contribution >= 0.6 is 0 Å². The molecule has 28 heavy (non-hydrogen) atoms. The highest BCUT2D eigenvalue weighted by Crippen LogP contribution is 2.20. The minimum atomic E-state index is -0.154. The zero-order valence-corrected chi connectivity index (χ0v) is 16.5. The highest BCUT2D eigenvalue weighted by Gasteiger charge is 2.17. The van der Waals surface area contributed by atoms with Crippen molar-refractivity contribution >= 4 is 17.3 Å². The van der Waals surface area contributed by atoms with E-state index < -0.39 is 0 Å². The van der Waals surface area contributed by atoms with E-state index >= 15 is 0 Å². The van der Waals surface area contributed by atoms with Crippen LogP contribution in [-0.2, 0) is 20.8 Å². The molecule has 2 aromatic rings. The fourth-order valence-corrected chi connectivity index (χ4v) is 3.27. The van der Waals surface area contributed by atoms with Crippen LogP contribution in [0.1, 0.15) is 5.56 Å². The number of carbonyl (C=O) groups is 1. The predicted octanol–water partition coefficient (Wildman–Crippen LogP) is 2.61. The first-order chi connectivity index (χ1) is 13.7. The normalized spacial score (nSPS) is 14.8. The van der Waals surface area contributed by atoms with Crippen LogP contribution in [0.15, 0.2) is 54.6 Å². The Morgan fingerprint density at radius 1 is 0.964 bits per heavy atom. The van der Waals surface area contributed by atoms with Gasteiger partial charge < -0.3 is 19.7 Å². The van der Waals surface area contributed by atoms with Crippen LogP contribution in [0.2, 0.25) is 0 Å². The summed E-state index contributed by atoms with van der Waals surface area (Å²) in [6.45, 7) is 6.05. The number of amides is 1. The number of benzene rings is 2. The lowest BCUT2D eigenvalue weighted by Crippen LogP contribution is -2.45. The van der Waals surface area contributed by atoms with Crippen molar-refractivity contribution < 1.29 is 14.3 Å². The van der Waals surface area contributed by atoms with Crippen LogP contribution in [0.5, 0.6) is 0 Å². The van der Waals surface area contributed by atoms with E-state index in [1.165, 1.54) is 11.3 Å². The molecule has 0 aromatic heterocycles. The number of nitrogens with zero attached hydrogens (tertiary/aromatic N) is 2. The van der Waals surface area contributed by atoms with Gasteiger partial charge in [0.15, 0.2) is 0 Å². The number of ether oxygens (including phenoxy) is 2. The maximum absolute atomic E-state index is 11.9. The molecule has 0 bridgehead atoms. The molecule has 1 heterocycles. The molecular formula is C22H29N3O3. The lowest BCUT2D eigenvalue weighted by atomic mass is 10.2. The molecular weight excluding hydrogens is 354 g/mol. The van der Waals surface area contributed by atoms with Crippen molar-refractivity contribution in [2.75, 3.05) is 63.3 Å². The van der Waals surface area contributed by atoms with Crippen molar-refractivity contribution in [3.63, 3.8) is 0 Å². The third-order valence-corrected chi connectivity index (χ3v) is 4.80. The van der Waals surface area contributed by atoms with Crippen molar-refractivity contribution in [1.82, 2.24) is 4.90 Å². The van der Waals surface area contributed by atoms with E-state index in [-0.39, 0.29) is 12.5 Å². The molecule has 0 atom stereocenters. The average Bonchev–Trinajstić information content (AvgIpc) is 2.73. The van der Waals surface area contributed by atoms with Crippen LogP contribution in [0.25, 0.3) is 0 Å². The molecule has 0 spiro atoms. The zero-order valence-electron chi connectivity index (χ0n) is 16.5. The van der Waals surface area contributed by atoms with Crippen LogP contribution in [-0.4, -0.2) is 63.9 Å². The molecule has 1 fully saturated rings. The molecule has 1 aliphatic rings. The second-order valence-corrected chi connectivity index (χ2v) is 6.89. The second kappa shape index (κ2) is 10.8. The summed E-state index contributed by atoms with van der Waals surface area (Å²) < 4.78 is 10.1. The molecule has 0 saturated carbocycles. The minimum Gasteiger partial charge on any atom is -0.382 e. The van der Waals surface area contributed by atoms with Crippen LogP contribution in [0, 0.1) is 0 Å². The van der Waals surface area contributed by atoms with E-state index in [9.17, 15) is 4.79 Å². The van der Waals surface area contributed by atoms with E-state index in [4.69, 9.17) is 9.47 Å². The molecule has 1 amide bonds. The molecule has 0 radical (unpaired) electrons. The Balaban J connectivity index is 1.42. The van der Waals surface area contributed by atoms with Gasteiger partial charge in [-0.2, -0.15) is 0 Å². The van der Waals surface area contributed by atoms with Crippen molar-refractivity contribution in [1.29, 1.82) is 0 Å². The number of piperazine rings is 1. The average molecular weight is 383 g/mol. The Morgan fingerprint density at radius 2 is 1.68 bits per heavy atom. The summed E-state index contributed by atoms with van der Waals surface area (Å²) in [4.78, 5) is 16.7. The van der Waals surface area contributed by atoms with Crippen molar-refractivity contribution in [3.05, 3.63) is 60.2 Å². The summed E-state index contributed by atoms with van der Waals surface area (Å²) in [7, 11) is 1.61. The third-order valence-electron chi connectivity index (χ3n) is 4.80. The molecule has 150 valence electrons. The molecule has 1 N–H and O–H groups in total. The van der Waals surface area contributed by atoms with Crippen molar-refractivity contribution in [3.8, 4) is 0 Å². The van der Waals surface area contributed by atoms with E-state index in [2.05, 4.69) is 57.6 Å². The quantitative estimate of drug-likeness (QED) is 0.675. The number of hydrogen-bond donors (Lipinski definition) is 1. The zero-order chi connectivity index (χ0) is 19.6. The molecule has 0 unspecified atom stereocenters. The van der Waals surface area contributed by atoms with E-state index in [1.807, 2.05) is 12.1 Å². The summed E-state index contributed by atoms with van der Waals surface area (Å²) in [6.07, 6.45) is 0. The van der Waals surface area contributed by atoms with Crippen molar-refractivity contribution in [2.24, 2.45) is 0 Å². The topological polar surface area (TPSA) is 54.0 Å². The Labute approximate surface area is 167 Å². The number of methoxy groups -OCH3 is 1. The highest BCUT2D eigenvalue weighted by atomic mass is 16.5. The number of nitrogens with one attached hydrogen (secondary N) is 1. The molecule has 3 rings (SSSR count). The first-order valence-corrected chi connectivity index (χ1v) is 9.72. The summed E-state index contributed by atoms with van der Waals surface area (Å²) in [5, 5.41) is 2.85. The number of anilines is 2. The van der Waals surface area contributed by atoms with Crippen LogP contribution in [0.4, 0.5) is 11.4 Å². The summed E-state index contributed by atoms with van der Waals surface area (Å²) in [5.41, 5.74) is 3.34. The van der Waals surface area contributed by atoms with Gasteiger partial charge in [0.2, 0.25) is 5.91 Å². The van der Waals surface area contributed by atoms with Crippen molar-refractivity contribution in [2.45, 2.75) is 6.54 Å². The predicted molar refractivity (Wildman–Crippen MR) is 112 cm³/mol. The van der Waals surface area contributed by atoms with Crippen LogP contribution < -0.4 is 10.2 Å². The Hall–Kier alpha value is -2.41. The van der Waals surface area contributed by atoms with E-state index in [0.29, 0.717) is 13.2 Å². The highest BCUT2D eigenvalue weighted by molar-refractivity contribution is 5.91. The van der Waals surface area contributed by atoms with Gasteiger partial charge in [-0.15, -0.1) is 0 Å². The van der Waals surface area contributed by atoms with Gasteiger partial charge in [-0.05, 0) is 29.8 Å². The number of hydrogen-bond acceptors (Lipinski definition) is 5. The van der Waals surface area contributed by atoms with Gasteiger partial charge in [0.05, 0.1) is 13.2 Å². The van der Waals surface area contributed by atoms with Gasteiger partial charge in [-0.1, -0.05) is 30.3 Å². The number of rotatable bonds is 9. The first-order valence-electron chi connectivity index (χ1n) is 9.72. The standard InChI is InChI=1S/C22H29N3O3/c1-27-15-16-28-18-22(26)23-20-7-9-21(10-8-20)25-13-11-24(12-14-25)17-19-5-3-2-4-6-19/h2-10H,11-18H2,1H3,(H,23,26). The summed E-state index contributed by atoms with van der Waals surface area (Å²) in [6, 6.07) is 18.6. The molecule has 6 heteroatoms.